The number of nitrogens with one attached hydrogen (secondary N) is 1. The highest BCUT2D eigenvalue weighted by molar-refractivity contribution is 7.91. The van der Waals surface area contributed by atoms with Crippen LogP contribution in [0.4, 0.5) is 18.9 Å². The second-order valence-electron chi connectivity index (χ2n) is 6.79. The van der Waals surface area contributed by atoms with Gasteiger partial charge in [-0.2, -0.15) is 13.2 Å². The molecule has 0 bridgehead atoms. The first-order chi connectivity index (χ1) is 13.8. The summed E-state index contributed by atoms with van der Waals surface area (Å²) in [4.78, 5) is 5.98. The van der Waals surface area contributed by atoms with Gasteiger partial charge in [0.15, 0.2) is 0 Å². The quantitative estimate of drug-likeness (QED) is 0.702. The largest absolute Gasteiger partial charge is 0.416 e. The number of halogens is 3. The van der Waals surface area contributed by atoms with E-state index in [1.807, 2.05) is 12.1 Å². The van der Waals surface area contributed by atoms with Crippen LogP contribution in [0.1, 0.15) is 5.56 Å². The van der Waals surface area contributed by atoms with Crippen LogP contribution in [0.15, 0.2) is 64.5 Å². The number of fused-ring (bicyclic) bond motifs is 1. The van der Waals surface area contributed by atoms with Gasteiger partial charge in [0.05, 0.1) is 26.6 Å². The van der Waals surface area contributed by atoms with Gasteiger partial charge in [-0.25, -0.2) is 8.42 Å². The van der Waals surface area contributed by atoms with Crippen LogP contribution in [0, 0.1) is 0 Å². The van der Waals surface area contributed by atoms with E-state index in [1.54, 1.807) is 6.07 Å². The number of nitrogens with zero attached hydrogens (tertiary/aromatic N) is 2. The van der Waals surface area contributed by atoms with Gasteiger partial charge in [-0.05, 0) is 30.3 Å². The molecule has 29 heavy (non-hydrogen) atoms. The average molecular weight is 421 g/mol. The van der Waals surface area contributed by atoms with E-state index in [2.05, 4.69) is 15.2 Å². The molecule has 0 unspecified atom stereocenters. The minimum absolute atomic E-state index is 0.137. The zero-order chi connectivity index (χ0) is 20.6. The van der Waals surface area contributed by atoms with Gasteiger partial charge in [-0.3, -0.25) is 4.98 Å². The zero-order valence-electron chi connectivity index (χ0n) is 15.3. The molecule has 1 saturated heterocycles. The van der Waals surface area contributed by atoms with E-state index in [9.17, 15) is 21.6 Å². The van der Waals surface area contributed by atoms with Crippen LogP contribution in [-0.2, 0) is 16.0 Å². The fraction of sp³-hybridized carbons (Fsp3) is 0.250. The smallest absolute Gasteiger partial charge is 0.367 e. The zero-order valence-corrected chi connectivity index (χ0v) is 16.1. The summed E-state index contributed by atoms with van der Waals surface area (Å²) < 4.78 is 64.7. The highest BCUT2D eigenvalue weighted by Crippen LogP contribution is 2.33. The number of sulfone groups is 1. The maximum atomic E-state index is 13.0. The van der Waals surface area contributed by atoms with Crippen molar-refractivity contribution in [2.45, 2.75) is 16.0 Å². The maximum absolute atomic E-state index is 13.0. The number of benzene rings is 2. The fourth-order valence-corrected chi connectivity index (χ4v) is 4.69. The minimum atomic E-state index is -4.62. The van der Waals surface area contributed by atoms with Crippen LogP contribution >= 0.6 is 0 Å². The minimum Gasteiger partial charge on any atom is -0.367 e. The topological polar surface area (TPSA) is 62.3 Å². The standard InChI is InChI=1S/C20H18F3N3O2S/c21-20(22,23)15-4-2-5-16(12-15)29(27,28)17-11-14-3-1-6-18(19(14)25-13-17)26-9-7-24-8-10-26/h1-6,11-13,24H,7-10H2. The normalized spacial score (nSPS) is 15.6. The number of alkyl halides is 3. The monoisotopic (exact) mass is 421 g/mol. The van der Waals surface area contributed by atoms with Crippen LogP contribution in [0.3, 0.4) is 0 Å². The summed E-state index contributed by atoms with van der Waals surface area (Å²) in [6, 6.07) is 10.7. The van der Waals surface area contributed by atoms with Crippen LogP contribution in [0.5, 0.6) is 0 Å². The molecule has 0 aliphatic carbocycles. The Bertz CT molecular complexity index is 1160. The highest BCUT2D eigenvalue weighted by atomic mass is 32.2. The van der Waals surface area contributed by atoms with Crippen LogP contribution in [0.25, 0.3) is 10.9 Å². The number of rotatable bonds is 3. The number of aromatic nitrogens is 1. The number of piperazine rings is 1. The van der Waals surface area contributed by atoms with E-state index in [4.69, 9.17) is 0 Å². The predicted molar refractivity (Wildman–Crippen MR) is 104 cm³/mol. The van der Waals surface area contributed by atoms with Gasteiger partial charge < -0.3 is 10.2 Å². The molecular formula is C20H18F3N3O2S. The van der Waals surface area contributed by atoms with E-state index in [0.29, 0.717) is 17.0 Å². The molecular weight excluding hydrogens is 403 g/mol. The third kappa shape index (κ3) is 3.79. The summed E-state index contributed by atoms with van der Waals surface area (Å²) in [5.74, 6) is 0. The molecule has 0 amide bonds. The van der Waals surface area contributed by atoms with Gasteiger partial charge in [0.1, 0.15) is 0 Å². The lowest BCUT2D eigenvalue weighted by Crippen LogP contribution is -2.43. The molecule has 3 aromatic rings. The Hall–Kier alpha value is -2.65. The first-order valence-electron chi connectivity index (χ1n) is 9.03. The third-order valence-corrected chi connectivity index (χ3v) is 6.62. The Labute approximate surface area is 166 Å². The number of anilines is 1. The molecule has 2 aromatic carbocycles. The lowest BCUT2D eigenvalue weighted by atomic mass is 10.1. The van der Waals surface area contributed by atoms with Crippen molar-refractivity contribution >= 4 is 26.4 Å². The number of para-hydroxylation sites is 1. The summed E-state index contributed by atoms with van der Waals surface area (Å²) in [5.41, 5.74) is 0.567. The second-order valence-corrected chi connectivity index (χ2v) is 8.74. The molecule has 0 radical (unpaired) electrons. The summed E-state index contributed by atoms with van der Waals surface area (Å²) in [6.07, 6.45) is -3.41. The van der Waals surface area contributed by atoms with Crippen LogP contribution < -0.4 is 10.2 Å². The van der Waals surface area contributed by atoms with Gasteiger partial charge in [0, 0.05) is 37.8 Å². The highest BCUT2D eigenvalue weighted by Gasteiger charge is 2.32. The van der Waals surface area contributed by atoms with Crippen molar-refractivity contribution in [1.29, 1.82) is 0 Å². The van der Waals surface area contributed by atoms with Gasteiger partial charge in [-0.1, -0.05) is 18.2 Å². The van der Waals surface area contributed by atoms with Crippen molar-refractivity contribution in [3.8, 4) is 0 Å². The number of pyridine rings is 1. The average Bonchev–Trinajstić information content (AvgIpc) is 2.73. The van der Waals surface area contributed by atoms with Gasteiger partial charge >= 0.3 is 6.18 Å². The Morgan fingerprint density at radius 2 is 1.69 bits per heavy atom. The van der Waals surface area contributed by atoms with Crippen molar-refractivity contribution in [2.24, 2.45) is 0 Å². The first kappa shape index (κ1) is 19.7. The van der Waals surface area contributed by atoms with E-state index >= 15 is 0 Å². The molecule has 9 heteroatoms. The van der Waals surface area contributed by atoms with Crippen LogP contribution in [0.2, 0.25) is 0 Å². The lowest BCUT2D eigenvalue weighted by molar-refractivity contribution is -0.137. The first-order valence-corrected chi connectivity index (χ1v) is 10.5. The Morgan fingerprint density at radius 1 is 0.966 bits per heavy atom. The molecule has 2 heterocycles. The molecule has 0 spiro atoms. The van der Waals surface area contributed by atoms with E-state index in [0.717, 1.165) is 50.1 Å². The fourth-order valence-electron chi connectivity index (χ4n) is 3.41. The van der Waals surface area contributed by atoms with Crippen LogP contribution in [-0.4, -0.2) is 39.6 Å². The molecule has 1 aliphatic heterocycles. The van der Waals surface area contributed by atoms with Crippen molar-refractivity contribution in [3.05, 3.63) is 60.3 Å². The Morgan fingerprint density at radius 3 is 2.41 bits per heavy atom. The van der Waals surface area contributed by atoms with Gasteiger partial charge in [-0.15, -0.1) is 0 Å². The summed E-state index contributed by atoms with van der Waals surface area (Å²) in [6.45, 7) is 3.31. The molecule has 0 saturated carbocycles. The molecule has 1 N–H and O–H groups in total. The molecule has 0 atom stereocenters. The van der Waals surface area contributed by atoms with E-state index in [1.165, 1.54) is 12.3 Å². The molecule has 1 aromatic heterocycles. The third-order valence-electron chi connectivity index (χ3n) is 4.90. The Balaban J connectivity index is 1.76. The molecule has 1 fully saturated rings. The molecule has 4 rings (SSSR count). The summed E-state index contributed by atoms with van der Waals surface area (Å²) >= 11 is 0. The maximum Gasteiger partial charge on any atom is 0.416 e. The van der Waals surface area contributed by atoms with E-state index < -0.39 is 26.5 Å². The molecule has 5 nitrogen and oxygen atoms in total. The summed E-state index contributed by atoms with van der Waals surface area (Å²) in [7, 11) is -4.14. The molecule has 1 aliphatic rings. The van der Waals surface area contributed by atoms with Crippen molar-refractivity contribution in [3.63, 3.8) is 0 Å². The van der Waals surface area contributed by atoms with Crippen molar-refractivity contribution < 1.29 is 21.6 Å². The van der Waals surface area contributed by atoms with Gasteiger partial charge in [0.2, 0.25) is 9.84 Å². The predicted octanol–water partition coefficient (Wildman–Crippen LogP) is 3.50. The SMILES string of the molecule is O=S(=O)(c1cccc(C(F)(F)F)c1)c1cnc2c(N3CCNCC3)cccc2c1. The molecule has 152 valence electrons. The summed E-state index contributed by atoms with van der Waals surface area (Å²) in [5, 5.41) is 3.89. The second kappa shape index (κ2) is 7.31. The van der Waals surface area contributed by atoms with Gasteiger partial charge in [0.25, 0.3) is 0 Å². The van der Waals surface area contributed by atoms with E-state index in [-0.39, 0.29) is 4.90 Å². The lowest BCUT2D eigenvalue weighted by Gasteiger charge is -2.30. The van der Waals surface area contributed by atoms with Crippen molar-refractivity contribution in [1.82, 2.24) is 10.3 Å². The number of hydrogen-bond acceptors (Lipinski definition) is 5. The van der Waals surface area contributed by atoms with Crippen molar-refractivity contribution in [2.75, 3.05) is 31.1 Å². The Kier molecular flexibility index (Phi) is 4.95. The number of hydrogen-bond donors (Lipinski definition) is 1.